The van der Waals surface area contributed by atoms with E-state index < -0.39 is 10.0 Å². The van der Waals surface area contributed by atoms with Gasteiger partial charge >= 0.3 is 0 Å². The summed E-state index contributed by atoms with van der Waals surface area (Å²) in [6.45, 7) is 5.08. The topological polar surface area (TPSA) is 115 Å². The van der Waals surface area contributed by atoms with E-state index in [0.29, 0.717) is 30.5 Å². The predicted octanol–water partition coefficient (Wildman–Crippen LogP) is -1.02. The zero-order valence-corrected chi connectivity index (χ0v) is 18.5. The number of nitrogens with zero attached hydrogens (tertiary/aromatic N) is 3. The third-order valence-corrected chi connectivity index (χ3v) is 7.20. The number of aliphatic imine (C=N–C) groups is 1. The van der Waals surface area contributed by atoms with Gasteiger partial charge in [-0.05, 0) is 11.4 Å². The zero-order valence-electron chi connectivity index (χ0n) is 16.9. The molecule has 29 heavy (non-hydrogen) atoms. The Balaban J connectivity index is 1.67. The Morgan fingerprint density at radius 3 is 2.59 bits per heavy atom. The fourth-order valence-electron chi connectivity index (χ4n) is 2.85. The van der Waals surface area contributed by atoms with Crippen molar-refractivity contribution in [2.75, 3.05) is 73.1 Å². The number of rotatable bonds is 10. The lowest BCUT2D eigenvalue weighted by molar-refractivity contribution is -0.122. The third-order valence-electron chi connectivity index (χ3n) is 4.34. The number of hydrogen-bond acceptors (Lipinski definition) is 7. The maximum Gasteiger partial charge on any atom is 0.250 e. The van der Waals surface area contributed by atoms with Crippen molar-refractivity contribution < 1.29 is 17.9 Å². The molecule has 0 atom stereocenters. The molecule has 1 fully saturated rings. The molecular weight excluding hydrogens is 416 g/mol. The molecule has 1 aliphatic heterocycles. The molecule has 0 radical (unpaired) electrons. The van der Waals surface area contributed by atoms with Gasteiger partial charge < -0.3 is 20.3 Å². The first-order valence-electron chi connectivity index (χ1n) is 9.43. The molecule has 1 aliphatic rings. The largest absolute Gasteiger partial charge is 0.383 e. The SMILES string of the molecule is CN=C(NCCNS(=O)(=O)c1cccs1)N1CCN(CC(=O)NCCOC)CC1. The second-order valence-corrected chi connectivity index (χ2v) is 9.35. The summed E-state index contributed by atoms with van der Waals surface area (Å²) < 4.78 is 32.0. The Hall–Kier alpha value is -1.73. The predicted molar refractivity (Wildman–Crippen MR) is 114 cm³/mol. The van der Waals surface area contributed by atoms with E-state index in [1.165, 1.54) is 11.3 Å². The second-order valence-electron chi connectivity index (χ2n) is 6.41. The summed E-state index contributed by atoms with van der Waals surface area (Å²) in [4.78, 5) is 20.4. The highest BCUT2D eigenvalue weighted by atomic mass is 32.2. The summed E-state index contributed by atoms with van der Waals surface area (Å²) in [6.07, 6.45) is 0. The first-order valence-corrected chi connectivity index (χ1v) is 11.8. The van der Waals surface area contributed by atoms with Crippen molar-refractivity contribution in [1.82, 2.24) is 25.2 Å². The van der Waals surface area contributed by atoms with E-state index in [0.717, 1.165) is 32.1 Å². The van der Waals surface area contributed by atoms with E-state index in [2.05, 4.69) is 30.1 Å². The quantitative estimate of drug-likeness (QED) is 0.239. The van der Waals surface area contributed by atoms with Crippen LogP contribution in [0.4, 0.5) is 0 Å². The van der Waals surface area contributed by atoms with Crippen LogP contribution in [-0.2, 0) is 19.6 Å². The fraction of sp³-hybridized carbons (Fsp3) is 0.647. The Morgan fingerprint density at radius 2 is 1.97 bits per heavy atom. The van der Waals surface area contributed by atoms with Crippen molar-refractivity contribution in [1.29, 1.82) is 0 Å². The number of guanidine groups is 1. The summed E-state index contributed by atoms with van der Waals surface area (Å²) in [5.74, 6) is 0.723. The second kappa shape index (κ2) is 12.1. The fourth-order valence-corrected chi connectivity index (χ4v) is 4.92. The summed E-state index contributed by atoms with van der Waals surface area (Å²) in [5, 5.41) is 7.74. The van der Waals surface area contributed by atoms with Crippen LogP contribution in [0, 0.1) is 0 Å². The Bertz CT molecular complexity index is 746. The van der Waals surface area contributed by atoms with Gasteiger partial charge in [0, 0.05) is 60.0 Å². The van der Waals surface area contributed by atoms with Crippen LogP contribution in [0.2, 0.25) is 0 Å². The zero-order chi connectivity index (χ0) is 21.1. The van der Waals surface area contributed by atoms with Gasteiger partial charge in [-0.15, -0.1) is 11.3 Å². The van der Waals surface area contributed by atoms with E-state index in [4.69, 9.17) is 4.74 Å². The number of sulfonamides is 1. The lowest BCUT2D eigenvalue weighted by atomic mass is 10.3. The standard InChI is InChI=1S/C17H30N6O4S2/c1-18-17(20-5-6-21-29(25,26)16-4-3-13-28-16)23-10-8-22(9-11-23)14-15(24)19-7-12-27-2/h3-4,13,21H,5-12,14H2,1-2H3,(H,18,20)(H,19,24). The van der Waals surface area contributed by atoms with Gasteiger partial charge in [0.05, 0.1) is 13.2 Å². The number of methoxy groups -OCH3 is 1. The van der Waals surface area contributed by atoms with Crippen molar-refractivity contribution in [3.05, 3.63) is 17.5 Å². The smallest absolute Gasteiger partial charge is 0.250 e. The molecule has 164 valence electrons. The van der Waals surface area contributed by atoms with Gasteiger partial charge in [-0.1, -0.05) is 6.07 Å². The van der Waals surface area contributed by atoms with Gasteiger partial charge in [0.15, 0.2) is 5.96 Å². The average molecular weight is 447 g/mol. The highest BCUT2D eigenvalue weighted by Crippen LogP contribution is 2.14. The highest BCUT2D eigenvalue weighted by molar-refractivity contribution is 7.91. The molecule has 1 aromatic rings. The molecule has 0 spiro atoms. The van der Waals surface area contributed by atoms with Crippen LogP contribution in [0.25, 0.3) is 0 Å². The lowest BCUT2D eigenvalue weighted by Crippen LogP contribution is -2.54. The molecule has 0 unspecified atom stereocenters. The highest BCUT2D eigenvalue weighted by Gasteiger charge is 2.21. The number of carbonyl (C=O) groups is 1. The molecule has 0 bridgehead atoms. The molecule has 1 aromatic heterocycles. The minimum Gasteiger partial charge on any atom is -0.383 e. The van der Waals surface area contributed by atoms with Gasteiger partial charge in [-0.2, -0.15) is 0 Å². The van der Waals surface area contributed by atoms with Gasteiger partial charge in [0.25, 0.3) is 0 Å². The van der Waals surface area contributed by atoms with Crippen molar-refractivity contribution in [2.24, 2.45) is 4.99 Å². The molecule has 1 saturated heterocycles. The van der Waals surface area contributed by atoms with Crippen molar-refractivity contribution >= 4 is 33.2 Å². The van der Waals surface area contributed by atoms with Crippen LogP contribution in [-0.4, -0.2) is 103 Å². The summed E-state index contributed by atoms with van der Waals surface area (Å²) >= 11 is 1.19. The van der Waals surface area contributed by atoms with Crippen molar-refractivity contribution in [3.8, 4) is 0 Å². The van der Waals surface area contributed by atoms with E-state index >= 15 is 0 Å². The van der Waals surface area contributed by atoms with Crippen LogP contribution in [0.1, 0.15) is 0 Å². The van der Waals surface area contributed by atoms with Crippen LogP contribution in [0.3, 0.4) is 0 Å². The van der Waals surface area contributed by atoms with Crippen LogP contribution in [0.15, 0.2) is 26.7 Å². The maximum absolute atomic E-state index is 12.1. The number of piperazine rings is 1. The van der Waals surface area contributed by atoms with Gasteiger partial charge in [-0.3, -0.25) is 14.7 Å². The molecular formula is C17H30N6O4S2. The van der Waals surface area contributed by atoms with Crippen LogP contribution < -0.4 is 15.4 Å². The van der Waals surface area contributed by atoms with Gasteiger partial charge in [0.2, 0.25) is 15.9 Å². The summed E-state index contributed by atoms with van der Waals surface area (Å²) in [6, 6.07) is 3.29. The molecule has 3 N–H and O–H groups in total. The Labute approximate surface area is 176 Å². The molecule has 12 heteroatoms. The molecule has 10 nitrogen and oxygen atoms in total. The van der Waals surface area contributed by atoms with E-state index in [9.17, 15) is 13.2 Å². The minimum atomic E-state index is -3.45. The van der Waals surface area contributed by atoms with Crippen molar-refractivity contribution in [3.63, 3.8) is 0 Å². The van der Waals surface area contributed by atoms with E-state index in [1.807, 2.05) is 0 Å². The van der Waals surface area contributed by atoms with Crippen LogP contribution in [0.5, 0.6) is 0 Å². The molecule has 0 aliphatic carbocycles. The number of nitrogens with one attached hydrogen (secondary N) is 3. The third kappa shape index (κ3) is 7.90. The number of thiophene rings is 1. The lowest BCUT2D eigenvalue weighted by Gasteiger charge is -2.36. The maximum atomic E-state index is 12.1. The molecule has 2 heterocycles. The molecule has 1 amide bonds. The molecule has 0 aromatic carbocycles. The van der Waals surface area contributed by atoms with E-state index in [1.54, 1.807) is 31.7 Å². The van der Waals surface area contributed by atoms with Gasteiger partial charge in [-0.25, -0.2) is 13.1 Å². The average Bonchev–Trinajstić information content (AvgIpc) is 3.25. The molecule has 2 rings (SSSR count). The van der Waals surface area contributed by atoms with Crippen molar-refractivity contribution in [2.45, 2.75) is 4.21 Å². The number of amides is 1. The summed E-state index contributed by atoms with van der Waals surface area (Å²) in [7, 11) is -0.147. The molecule has 0 saturated carbocycles. The summed E-state index contributed by atoms with van der Waals surface area (Å²) in [5.41, 5.74) is 0. The Kier molecular flexibility index (Phi) is 9.81. The first-order chi connectivity index (χ1) is 14.0. The van der Waals surface area contributed by atoms with Crippen LogP contribution >= 0.6 is 11.3 Å². The Morgan fingerprint density at radius 1 is 1.21 bits per heavy atom. The number of hydrogen-bond donors (Lipinski definition) is 3. The first kappa shape index (κ1) is 23.5. The normalized spacial score (nSPS) is 16.1. The monoisotopic (exact) mass is 446 g/mol. The van der Waals surface area contributed by atoms with Gasteiger partial charge in [0.1, 0.15) is 4.21 Å². The number of carbonyl (C=O) groups excluding carboxylic acids is 1. The van der Waals surface area contributed by atoms with E-state index in [-0.39, 0.29) is 12.5 Å². The minimum absolute atomic E-state index is 0.00367. The number of ether oxygens (including phenoxy) is 1.